The molecule has 0 aromatic heterocycles. The minimum atomic E-state index is 0.0589. The first kappa shape index (κ1) is 13.9. The highest BCUT2D eigenvalue weighted by Crippen LogP contribution is 2.18. The van der Waals surface area contributed by atoms with Crippen LogP contribution in [0.1, 0.15) is 17.5 Å². The average molecular weight is 270 g/mol. The van der Waals surface area contributed by atoms with Gasteiger partial charge in [0.2, 0.25) is 0 Å². The van der Waals surface area contributed by atoms with E-state index in [9.17, 15) is 0 Å². The molecule has 0 saturated carbocycles. The average Bonchev–Trinajstić information content (AvgIpc) is 2.52. The van der Waals surface area contributed by atoms with Crippen LogP contribution in [-0.4, -0.2) is 17.6 Å². The van der Waals surface area contributed by atoms with E-state index in [0.29, 0.717) is 17.9 Å². The highest BCUT2D eigenvalue weighted by atomic mass is 16.5. The third kappa shape index (κ3) is 3.75. The molecule has 0 spiro atoms. The van der Waals surface area contributed by atoms with Crippen LogP contribution in [0.3, 0.4) is 0 Å². The Hall–Kier alpha value is -2.49. The third-order valence-electron chi connectivity index (χ3n) is 2.98. The smallest absolute Gasteiger partial charge is 0.173 e. The molecule has 0 aliphatic rings. The maximum absolute atomic E-state index is 8.74. The second-order valence-electron chi connectivity index (χ2n) is 4.42. The Labute approximate surface area is 118 Å². The second kappa shape index (κ2) is 7.19. The van der Waals surface area contributed by atoms with Crippen LogP contribution in [0.15, 0.2) is 59.8 Å². The minimum Gasteiger partial charge on any atom is -0.493 e. The van der Waals surface area contributed by atoms with E-state index in [1.807, 2.05) is 36.4 Å². The van der Waals surface area contributed by atoms with Crippen LogP contribution in [0.2, 0.25) is 0 Å². The molecule has 20 heavy (non-hydrogen) atoms. The number of hydrogen-bond donors (Lipinski definition) is 2. The Morgan fingerprint density at radius 3 is 2.50 bits per heavy atom. The van der Waals surface area contributed by atoms with Gasteiger partial charge in [0, 0.05) is 0 Å². The lowest BCUT2D eigenvalue weighted by atomic mass is 10.1. The van der Waals surface area contributed by atoms with Crippen molar-refractivity contribution in [3.63, 3.8) is 0 Å². The molecular weight excluding hydrogens is 252 g/mol. The molecule has 2 aromatic carbocycles. The predicted molar refractivity (Wildman–Crippen MR) is 79.2 cm³/mol. The SMILES string of the molecule is N/C(=N\O)c1ccccc1OCCCc1ccccc1. The summed E-state index contributed by atoms with van der Waals surface area (Å²) < 4.78 is 5.71. The topological polar surface area (TPSA) is 67.8 Å². The lowest BCUT2D eigenvalue weighted by Gasteiger charge is -2.10. The number of nitrogens with zero attached hydrogens (tertiary/aromatic N) is 1. The fourth-order valence-electron chi connectivity index (χ4n) is 1.96. The maximum Gasteiger partial charge on any atom is 0.173 e. The molecule has 0 aliphatic heterocycles. The second-order valence-corrected chi connectivity index (χ2v) is 4.42. The molecule has 4 heteroatoms. The van der Waals surface area contributed by atoms with Gasteiger partial charge in [-0.15, -0.1) is 0 Å². The van der Waals surface area contributed by atoms with Gasteiger partial charge in [-0.3, -0.25) is 0 Å². The van der Waals surface area contributed by atoms with Gasteiger partial charge in [0.25, 0.3) is 0 Å². The molecule has 0 atom stereocenters. The van der Waals surface area contributed by atoms with Gasteiger partial charge in [-0.05, 0) is 30.5 Å². The number of benzene rings is 2. The van der Waals surface area contributed by atoms with Crippen LogP contribution in [0.4, 0.5) is 0 Å². The molecule has 0 bridgehead atoms. The van der Waals surface area contributed by atoms with Gasteiger partial charge >= 0.3 is 0 Å². The highest BCUT2D eigenvalue weighted by molar-refractivity contribution is 5.99. The number of para-hydroxylation sites is 1. The van der Waals surface area contributed by atoms with Crippen molar-refractivity contribution in [2.75, 3.05) is 6.61 Å². The zero-order valence-electron chi connectivity index (χ0n) is 11.2. The maximum atomic E-state index is 8.74. The summed E-state index contributed by atoms with van der Waals surface area (Å²) in [5.74, 6) is 0.694. The zero-order chi connectivity index (χ0) is 14.2. The van der Waals surface area contributed by atoms with Crippen LogP contribution in [-0.2, 0) is 6.42 Å². The predicted octanol–water partition coefficient (Wildman–Crippen LogP) is 2.79. The lowest BCUT2D eigenvalue weighted by molar-refractivity contribution is 0.307. The van der Waals surface area contributed by atoms with Crippen LogP contribution in [0, 0.1) is 0 Å². The molecule has 4 nitrogen and oxygen atoms in total. The van der Waals surface area contributed by atoms with Gasteiger partial charge in [0.1, 0.15) is 5.75 Å². The van der Waals surface area contributed by atoms with E-state index >= 15 is 0 Å². The highest BCUT2D eigenvalue weighted by Gasteiger charge is 2.07. The minimum absolute atomic E-state index is 0.0589. The molecule has 0 radical (unpaired) electrons. The Kier molecular flexibility index (Phi) is 5.00. The molecule has 0 aliphatic carbocycles. The van der Waals surface area contributed by atoms with Crippen molar-refractivity contribution in [3.8, 4) is 5.75 Å². The van der Waals surface area contributed by atoms with Crippen molar-refractivity contribution in [2.24, 2.45) is 10.9 Å². The number of amidine groups is 1. The number of hydrogen-bond acceptors (Lipinski definition) is 3. The Morgan fingerprint density at radius 1 is 1.05 bits per heavy atom. The summed E-state index contributed by atoms with van der Waals surface area (Å²) in [6.07, 6.45) is 1.88. The zero-order valence-corrected chi connectivity index (χ0v) is 11.2. The van der Waals surface area contributed by atoms with Gasteiger partial charge < -0.3 is 15.7 Å². The Balaban J connectivity index is 1.88. The number of nitrogens with two attached hydrogens (primary N) is 1. The summed E-state index contributed by atoms with van der Waals surface area (Å²) in [5.41, 5.74) is 7.51. The van der Waals surface area contributed by atoms with Crippen LogP contribution < -0.4 is 10.5 Å². The number of rotatable bonds is 6. The molecule has 2 rings (SSSR count). The van der Waals surface area contributed by atoms with Crippen LogP contribution >= 0.6 is 0 Å². The number of aryl methyl sites for hydroxylation is 1. The van der Waals surface area contributed by atoms with Gasteiger partial charge in [-0.1, -0.05) is 47.6 Å². The lowest BCUT2D eigenvalue weighted by Crippen LogP contribution is -2.15. The Morgan fingerprint density at radius 2 is 1.75 bits per heavy atom. The first-order valence-electron chi connectivity index (χ1n) is 6.55. The van der Waals surface area contributed by atoms with Crippen molar-refractivity contribution in [1.82, 2.24) is 0 Å². The Bertz CT molecular complexity index is 568. The summed E-state index contributed by atoms with van der Waals surface area (Å²) in [6.45, 7) is 0.588. The van der Waals surface area contributed by atoms with E-state index in [1.165, 1.54) is 5.56 Å². The monoisotopic (exact) mass is 270 g/mol. The largest absolute Gasteiger partial charge is 0.493 e. The van der Waals surface area contributed by atoms with E-state index in [-0.39, 0.29) is 5.84 Å². The first-order chi connectivity index (χ1) is 9.81. The summed E-state index contributed by atoms with van der Waals surface area (Å²) in [6, 6.07) is 17.5. The van der Waals surface area contributed by atoms with Crippen molar-refractivity contribution in [3.05, 3.63) is 65.7 Å². The standard InChI is InChI=1S/C16H18N2O2/c17-16(18-19)14-10-4-5-11-15(14)20-12-6-9-13-7-2-1-3-8-13/h1-5,7-8,10-11,19H,6,9,12H2,(H2,17,18). The number of ether oxygens (including phenoxy) is 1. The molecule has 0 amide bonds. The fourth-order valence-corrected chi connectivity index (χ4v) is 1.96. The number of oxime groups is 1. The molecule has 3 N–H and O–H groups in total. The molecule has 0 unspecified atom stereocenters. The van der Waals surface area contributed by atoms with E-state index < -0.39 is 0 Å². The quantitative estimate of drug-likeness (QED) is 0.279. The van der Waals surface area contributed by atoms with Crippen molar-refractivity contribution < 1.29 is 9.94 Å². The normalized spacial score (nSPS) is 11.3. The van der Waals surface area contributed by atoms with E-state index in [0.717, 1.165) is 12.8 Å². The summed E-state index contributed by atoms with van der Waals surface area (Å²) in [4.78, 5) is 0. The van der Waals surface area contributed by atoms with Gasteiger partial charge in [0.15, 0.2) is 5.84 Å². The molecule has 2 aromatic rings. The molecule has 0 heterocycles. The van der Waals surface area contributed by atoms with E-state index in [4.69, 9.17) is 15.7 Å². The summed E-state index contributed by atoms with van der Waals surface area (Å²) in [7, 11) is 0. The molecule has 104 valence electrons. The van der Waals surface area contributed by atoms with Crippen molar-refractivity contribution >= 4 is 5.84 Å². The van der Waals surface area contributed by atoms with E-state index in [1.54, 1.807) is 6.07 Å². The van der Waals surface area contributed by atoms with Crippen LogP contribution in [0.5, 0.6) is 5.75 Å². The molecule has 0 saturated heterocycles. The fraction of sp³-hybridized carbons (Fsp3) is 0.188. The van der Waals surface area contributed by atoms with Gasteiger partial charge in [-0.2, -0.15) is 0 Å². The van der Waals surface area contributed by atoms with Crippen molar-refractivity contribution in [1.29, 1.82) is 0 Å². The van der Waals surface area contributed by atoms with Gasteiger partial charge in [-0.25, -0.2) is 0 Å². The van der Waals surface area contributed by atoms with Crippen molar-refractivity contribution in [2.45, 2.75) is 12.8 Å². The molecule has 0 fully saturated rings. The third-order valence-corrected chi connectivity index (χ3v) is 2.98. The van der Waals surface area contributed by atoms with Crippen LogP contribution in [0.25, 0.3) is 0 Å². The van der Waals surface area contributed by atoms with E-state index in [2.05, 4.69) is 17.3 Å². The summed E-state index contributed by atoms with van der Waals surface area (Å²) >= 11 is 0. The first-order valence-corrected chi connectivity index (χ1v) is 6.55. The molecular formula is C16H18N2O2. The summed E-state index contributed by atoms with van der Waals surface area (Å²) in [5, 5.41) is 11.7. The van der Waals surface area contributed by atoms with Gasteiger partial charge in [0.05, 0.1) is 12.2 Å².